The second kappa shape index (κ2) is 9.17. The minimum Gasteiger partial charge on any atom is -0.452 e. The molecule has 0 spiro atoms. The van der Waals surface area contributed by atoms with Gasteiger partial charge in [0.05, 0.1) is 16.3 Å². The summed E-state index contributed by atoms with van der Waals surface area (Å²) >= 11 is 6.09. The van der Waals surface area contributed by atoms with Crippen molar-refractivity contribution >= 4 is 34.9 Å². The fraction of sp³-hybridized carbons (Fsp3) is 0.0870. The van der Waals surface area contributed by atoms with Gasteiger partial charge in [-0.1, -0.05) is 66.2 Å². The lowest BCUT2D eigenvalue weighted by Crippen LogP contribution is -2.22. The van der Waals surface area contributed by atoms with Gasteiger partial charge in [-0.2, -0.15) is 0 Å². The number of esters is 1. The predicted molar refractivity (Wildman–Crippen MR) is 111 cm³/mol. The highest BCUT2D eigenvalue weighted by molar-refractivity contribution is 6.33. The Morgan fingerprint density at radius 2 is 1.55 bits per heavy atom. The number of ketones is 1. The number of hydrogen-bond acceptors (Lipinski definition) is 4. The zero-order chi connectivity index (χ0) is 20.8. The number of ether oxygens (including phenoxy) is 1. The number of hydrogen-bond donors (Lipinski definition) is 1. The van der Waals surface area contributed by atoms with Gasteiger partial charge in [-0.15, -0.1) is 0 Å². The molecule has 3 aromatic carbocycles. The molecule has 0 aromatic heterocycles. The maximum absolute atomic E-state index is 12.7. The van der Waals surface area contributed by atoms with Gasteiger partial charge in [0.2, 0.25) is 0 Å². The van der Waals surface area contributed by atoms with E-state index in [-0.39, 0.29) is 16.9 Å². The van der Waals surface area contributed by atoms with Crippen LogP contribution in [0, 0.1) is 6.92 Å². The van der Waals surface area contributed by atoms with Gasteiger partial charge in [0.15, 0.2) is 12.4 Å². The molecule has 3 rings (SSSR count). The van der Waals surface area contributed by atoms with Crippen LogP contribution < -0.4 is 5.32 Å². The van der Waals surface area contributed by atoms with E-state index in [0.29, 0.717) is 16.3 Å². The lowest BCUT2D eigenvalue weighted by Gasteiger charge is -2.10. The number of halogens is 1. The molecule has 0 heterocycles. The van der Waals surface area contributed by atoms with Crippen LogP contribution in [0.4, 0.5) is 5.69 Å². The van der Waals surface area contributed by atoms with Gasteiger partial charge in [-0.25, -0.2) is 4.79 Å². The van der Waals surface area contributed by atoms with Crippen LogP contribution in [0.2, 0.25) is 5.02 Å². The molecule has 0 fully saturated rings. The summed E-state index contributed by atoms with van der Waals surface area (Å²) < 4.78 is 5.11. The molecule has 29 heavy (non-hydrogen) atoms. The molecule has 0 saturated heterocycles. The molecule has 0 bridgehead atoms. The van der Waals surface area contributed by atoms with Crippen molar-refractivity contribution in [2.24, 2.45) is 0 Å². The van der Waals surface area contributed by atoms with E-state index in [9.17, 15) is 14.4 Å². The lowest BCUT2D eigenvalue weighted by atomic mass is 9.98. The maximum atomic E-state index is 12.7. The molecule has 0 unspecified atom stereocenters. The van der Waals surface area contributed by atoms with Crippen molar-refractivity contribution in [3.8, 4) is 0 Å². The fourth-order valence-electron chi connectivity index (χ4n) is 2.72. The van der Waals surface area contributed by atoms with E-state index in [1.807, 2.05) is 6.92 Å². The molecule has 0 atom stereocenters. The van der Waals surface area contributed by atoms with Gasteiger partial charge in [0.1, 0.15) is 0 Å². The minimum absolute atomic E-state index is 0.0996. The second-order valence-corrected chi connectivity index (χ2v) is 6.76. The summed E-state index contributed by atoms with van der Waals surface area (Å²) in [5, 5.41) is 2.98. The third-order valence-electron chi connectivity index (χ3n) is 4.16. The number of nitrogens with one attached hydrogen (secondary N) is 1. The van der Waals surface area contributed by atoms with Crippen LogP contribution in [0.5, 0.6) is 0 Å². The normalized spacial score (nSPS) is 10.3. The average Bonchev–Trinajstić information content (AvgIpc) is 2.74. The largest absolute Gasteiger partial charge is 0.452 e. The van der Waals surface area contributed by atoms with Gasteiger partial charge in [-0.3, -0.25) is 9.59 Å². The van der Waals surface area contributed by atoms with Crippen LogP contribution in [0.15, 0.2) is 72.8 Å². The molecule has 0 saturated carbocycles. The third kappa shape index (κ3) is 5.09. The average molecular weight is 408 g/mol. The summed E-state index contributed by atoms with van der Waals surface area (Å²) in [7, 11) is 0. The highest BCUT2D eigenvalue weighted by Crippen LogP contribution is 2.22. The Kier molecular flexibility index (Phi) is 6.42. The first kappa shape index (κ1) is 20.3. The van der Waals surface area contributed by atoms with Gasteiger partial charge >= 0.3 is 5.97 Å². The first-order chi connectivity index (χ1) is 14.0. The highest BCUT2D eigenvalue weighted by atomic mass is 35.5. The molecular formula is C23H18ClNO4. The van der Waals surface area contributed by atoms with E-state index in [1.54, 1.807) is 66.7 Å². The molecule has 5 nitrogen and oxygen atoms in total. The van der Waals surface area contributed by atoms with E-state index in [4.69, 9.17) is 16.3 Å². The molecule has 0 aliphatic heterocycles. The van der Waals surface area contributed by atoms with E-state index < -0.39 is 18.5 Å². The van der Waals surface area contributed by atoms with Crippen LogP contribution in [0.3, 0.4) is 0 Å². The number of anilines is 1. The molecule has 0 radical (unpaired) electrons. The molecule has 3 aromatic rings. The zero-order valence-electron chi connectivity index (χ0n) is 15.6. The van der Waals surface area contributed by atoms with Crippen molar-refractivity contribution in [3.63, 3.8) is 0 Å². The first-order valence-corrected chi connectivity index (χ1v) is 9.25. The van der Waals surface area contributed by atoms with Crippen molar-refractivity contribution in [3.05, 3.63) is 100 Å². The number of rotatable bonds is 6. The Labute approximate surface area is 173 Å². The van der Waals surface area contributed by atoms with E-state index >= 15 is 0 Å². The molecule has 146 valence electrons. The molecule has 1 N–H and O–H groups in total. The summed E-state index contributed by atoms with van der Waals surface area (Å²) in [6.45, 7) is 1.38. The van der Waals surface area contributed by atoms with Gasteiger partial charge in [0, 0.05) is 11.1 Å². The Morgan fingerprint density at radius 3 is 2.24 bits per heavy atom. The molecule has 0 aliphatic rings. The number of aryl methyl sites for hydroxylation is 1. The number of benzene rings is 3. The fourth-order valence-corrected chi connectivity index (χ4v) is 3.00. The van der Waals surface area contributed by atoms with Crippen molar-refractivity contribution in [1.82, 2.24) is 0 Å². The first-order valence-electron chi connectivity index (χ1n) is 8.87. The summed E-state index contributed by atoms with van der Waals surface area (Å²) in [6, 6.07) is 20.2. The summed E-state index contributed by atoms with van der Waals surface area (Å²) in [4.78, 5) is 37.3. The zero-order valence-corrected chi connectivity index (χ0v) is 16.4. The number of carbonyl (C=O) groups excluding carboxylic acids is 3. The summed E-state index contributed by atoms with van der Waals surface area (Å²) in [5.41, 5.74) is 2.16. The number of amides is 1. The van der Waals surface area contributed by atoms with Crippen LogP contribution >= 0.6 is 11.6 Å². The smallest absolute Gasteiger partial charge is 0.339 e. The Bertz CT molecular complexity index is 1060. The van der Waals surface area contributed by atoms with Crippen molar-refractivity contribution in [2.45, 2.75) is 6.92 Å². The Morgan fingerprint density at radius 1 is 0.897 bits per heavy atom. The Balaban J connectivity index is 1.68. The van der Waals surface area contributed by atoms with E-state index in [1.165, 1.54) is 6.07 Å². The van der Waals surface area contributed by atoms with E-state index in [0.717, 1.165) is 5.56 Å². The molecule has 0 aliphatic carbocycles. The van der Waals surface area contributed by atoms with Crippen LogP contribution in [0.25, 0.3) is 0 Å². The van der Waals surface area contributed by atoms with Crippen LogP contribution in [0.1, 0.15) is 31.8 Å². The molecule has 1 amide bonds. The van der Waals surface area contributed by atoms with Gasteiger partial charge < -0.3 is 10.1 Å². The third-order valence-corrected chi connectivity index (χ3v) is 4.47. The van der Waals surface area contributed by atoms with Crippen molar-refractivity contribution < 1.29 is 19.1 Å². The van der Waals surface area contributed by atoms with Gasteiger partial charge in [0.25, 0.3) is 5.91 Å². The van der Waals surface area contributed by atoms with Crippen LogP contribution in [-0.4, -0.2) is 24.3 Å². The minimum atomic E-state index is -0.755. The van der Waals surface area contributed by atoms with Crippen molar-refractivity contribution in [2.75, 3.05) is 11.9 Å². The number of carbonyl (C=O) groups is 3. The predicted octanol–water partition coefficient (Wildman–Crippen LogP) is 4.67. The van der Waals surface area contributed by atoms with Crippen LogP contribution in [-0.2, 0) is 9.53 Å². The molecule has 6 heteroatoms. The SMILES string of the molecule is Cc1ccc(NC(=O)COC(=O)c2ccccc2C(=O)c2ccccc2)c(Cl)c1. The topological polar surface area (TPSA) is 72.5 Å². The highest BCUT2D eigenvalue weighted by Gasteiger charge is 2.20. The second-order valence-electron chi connectivity index (χ2n) is 6.35. The summed E-state index contributed by atoms with van der Waals surface area (Å²) in [5.74, 6) is -1.58. The Hall–Kier alpha value is -3.44. The maximum Gasteiger partial charge on any atom is 0.339 e. The van der Waals surface area contributed by atoms with E-state index in [2.05, 4.69) is 5.32 Å². The summed E-state index contributed by atoms with van der Waals surface area (Å²) in [6.07, 6.45) is 0. The van der Waals surface area contributed by atoms with Gasteiger partial charge in [-0.05, 0) is 30.7 Å². The quantitative estimate of drug-likeness (QED) is 0.476. The van der Waals surface area contributed by atoms with Crippen molar-refractivity contribution in [1.29, 1.82) is 0 Å². The molecular weight excluding hydrogens is 390 g/mol. The lowest BCUT2D eigenvalue weighted by molar-refractivity contribution is -0.119. The standard InChI is InChI=1S/C23H18ClNO4/c1-15-11-12-20(19(24)13-15)25-21(26)14-29-23(28)18-10-6-5-9-17(18)22(27)16-7-3-2-4-8-16/h2-13H,14H2,1H3,(H,25,26). The monoisotopic (exact) mass is 407 g/mol.